The molecule has 7 aliphatic carbocycles. The third-order valence-electron chi connectivity index (χ3n) is 12.1. The summed E-state index contributed by atoms with van der Waals surface area (Å²) in [5.41, 5.74) is 0. The Hall–Kier alpha value is 0. The Morgan fingerprint density at radius 1 is 0.462 bits per heavy atom. The van der Waals surface area contributed by atoms with Crippen LogP contribution in [0.2, 0.25) is 0 Å². The largest absolute Gasteiger partial charge is 0.0651 e. The molecule has 0 aromatic heterocycles. The zero-order valence-electron chi connectivity index (χ0n) is 17.0. The minimum absolute atomic E-state index is 1.11. The Balaban J connectivity index is 1.39. The van der Waals surface area contributed by atoms with Gasteiger partial charge in [-0.05, 0) is 148 Å². The van der Waals surface area contributed by atoms with Crippen molar-refractivity contribution >= 4 is 0 Å². The summed E-state index contributed by atoms with van der Waals surface area (Å²) in [4.78, 5) is 0. The first-order chi connectivity index (χ1) is 12.8. The predicted molar refractivity (Wildman–Crippen MR) is 106 cm³/mol. The SMILES string of the molecule is CCC1CC2CCC3CCC4CCC5CCC6CCC1C1C6C5C4C3C21. The van der Waals surface area contributed by atoms with E-state index in [0.717, 1.165) is 23.7 Å². The van der Waals surface area contributed by atoms with Gasteiger partial charge in [0.25, 0.3) is 0 Å². The first-order valence-electron chi connectivity index (χ1n) is 12.8. The number of hydrogen-bond donors (Lipinski definition) is 0. The van der Waals surface area contributed by atoms with E-state index in [2.05, 4.69) is 6.92 Å². The van der Waals surface area contributed by atoms with Gasteiger partial charge in [0.05, 0.1) is 0 Å². The van der Waals surface area contributed by atoms with Crippen molar-refractivity contribution < 1.29 is 0 Å². The maximum absolute atomic E-state index is 2.54. The van der Waals surface area contributed by atoms with Gasteiger partial charge in [0.2, 0.25) is 0 Å². The van der Waals surface area contributed by atoms with Gasteiger partial charge in [-0.3, -0.25) is 0 Å². The molecular weight excluding hydrogens is 312 g/mol. The molecule has 7 saturated carbocycles. The summed E-state index contributed by atoms with van der Waals surface area (Å²) in [6.07, 6.45) is 19.5. The van der Waals surface area contributed by atoms with Crippen LogP contribution >= 0.6 is 0 Å². The highest BCUT2D eigenvalue weighted by molar-refractivity contribution is 5.15. The van der Waals surface area contributed by atoms with Gasteiger partial charge in [-0.2, -0.15) is 0 Å². The summed E-state index contributed by atoms with van der Waals surface area (Å²) in [7, 11) is 0. The molecule has 0 bridgehead atoms. The molecule has 0 nitrogen and oxygen atoms in total. The first-order valence-corrected chi connectivity index (χ1v) is 12.8. The molecule has 26 heavy (non-hydrogen) atoms. The second-order valence-electron chi connectivity index (χ2n) is 12.2. The van der Waals surface area contributed by atoms with Gasteiger partial charge in [0, 0.05) is 0 Å². The van der Waals surface area contributed by atoms with Crippen LogP contribution in [0.3, 0.4) is 0 Å². The molecule has 0 N–H and O–H groups in total. The lowest BCUT2D eigenvalue weighted by Crippen LogP contribution is -2.66. The molecule has 0 spiro atoms. The molecule has 13 unspecified atom stereocenters. The molecule has 0 radical (unpaired) electrons. The fourth-order valence-corrected chi connectivity index (χ4v) is 11.7. The van der Waals surface area contributed by atoms with Gasteiger partial charge >= 0.3 is 0 Å². The fourth-order valence-electron chi connectivity index (χ4n) is 11.7. The van der Waals surface area contributed by atoms with Crippen LogP contribution in [-0.4, -0.2) is 0 Å². The highest BCUT2D eigenvalue weighted by atomic mass is 14.7. The van der Waals surface area contributed by atoms with E-state index in [1.54, 1.807) is 70.6 Å². The maximum atomic E-state index is 2.54. The Labute approximate surface area is 161 Å². The Kier molecular flexibility index (Phi) is 3.38. The summed E-state index contributed by atoms with van der Waals surface area (Å²) < 4.78 is 0. The smallest absolute Gasteiger partial charge is 0.0315 e. The van der Waals surface area contributed by atoms with Gasteiger partial charge in [-0.1, -0.05) is 13.3 Å². The van der Waals surface area contributed by atoms with E-state index >= 15 is 0 Å². The van der Waals surface area contributed by atoms with E-state index in [4.69, 9.17) is 0 Å². The molecule has 0 heterocycles. The maximum Gasteiger partial charge on any atom is -0.0315 e. The van der Waals surface area contributed by atoms with Gasteiger partial charge in [0.1, 0.15) is 0 Å². The average Bonchev–Trinajstić information content (AvgIpc) is 2.71. The van der Waals surface area contributed by atoms with Crippen LogP contribution in [0, 0.1) is 76.9 Å². The van der Waals surface area contributed by atoms with Crippen molar-refractivity contribution in [2.45, 2.75) is 84.0 Å². The third-order valence-corrected chi connectivity index (χ3v) is 12.1. The molecule has 0 aromatic carbocycles. The summed E-state index contributed by atoms with van der Waals surface area (Å²) in [6.45, 7) is 2.54. The molecular formula is C26H40. The minimum Gasteiger partial charge on any atom is -0.0651 e. The van der Waals surface area contributed by atoms with Crippen LogP contribution in [-0.2, 0) is 0 Å². The summed E-state index contributed by atoms with van der Waals surface area (Å²) in [5.74, 6) is 15.3. The molecule has 7 fully saturated rings. The van der Waals surface area contributed by atoms with Crippen molar-refractivity contribution in [2.24, 2.45) is 76.9 Å². The van der Waals surface area contributed by atoms with Gasteiger partial charge < -0.3 is 0 Å². The predicted octanol–water partition coefficient (Wildman–Crippen LogP) is 6.79. The molecule has 0 aliphatic heterocycles. The minimum atomic E-state index is 1.11. The molecule has 144 valence electrons. The van der Waals surface area contributed by atoms with Crippen molar-refractivity contribution in [3.8, 4) is 0 Å². The van der Waals surface area contributed by atoms with E-state index in [1.807, 2.05) is 0 Å². The molecule has 0 saturated heterocycles. The van der Waals surface area contributed by atoms with Crippen LogP contribution < -0.4 is 0 Å². The second-order valence-corrected chi connectivity index (χ2v) is 12.2. The van der Waals surface area contributed by atoms with Gasteiger partial charge in [-0.25, -0.2) is 0 Å². The monoisotopic (exact) mass is 352 g/mol. The van der Waals surface area contributed by atoms with E-state index in [1.165, 1.54) is 59.7 Å². The zero-order chi connectivity index (χ0) is 17.0. The van der Waals surface area contributed by atoms with E-state index < -0.39 is 0 Å². The molecule has 0 amide bonds. The Bertz CT molecular complexity index is 556. The Morgan fingerprint density at radius 2 is 0.846 bits per heavy atom. The zero-order valence-corrected chi connectivity index (χ0v) is 17.0. The van der Waals surface area contributed by atoms with E-state index in [0.29, 0.717) is 0 Å². The lowest BCUT2D eigenvalue weighted by atomic mass is 9.33. The third kappa shape index (κ3) is 1.84. The highest BCUT2D eigenvalue weighted by Gasteiger charge is 2.67. The van der Waals surface area contributed by atoms with Crippen LogP contribution in [0.5, 0.6) is 0 Å². The normalized spacial score (nSPS) is 64.7. The van der Waals surface area contributed by atoms with Gasteiger partial charge in [-0.15, -0.1) is 0 Å². The van der Waals surface area contributed by atoms with Crippen LogP contribution in [0.15, 0.2) is 0 Å². The van der Waals surface area contributed by atoms with Gasteiger partial charge in [0.15, 0.2) is 0 Å². The molecule has 7 rings (SSSR count). The molecule has 7 aliphatic rings. The number of rotatable bonds is 1. The second kappa shape index (κ2) is 5.54. The van der Waals surface area contributed by atoms with Crippen LogP contribution in [0.1, 0.15) is 84.0 Å². The fraction of sp³-hybridized carbons (Fsp3) is 1.00. The van der Waals surface area contributed by atoms with Crippen molar-refractivity contribution in [3.05, 3.63) is 0 Å². The lowest BCUT2D eigenvalue weighted by molar-refractivity contribution is -0.238. The average molecular weight is 353 g/mol. The summed E-state index contributed by atoms with van der Waals surface area (Å²) in [5, 5.41) is 0. The topological polar surface area (TPSA) is 0 Å². The van der Waals surface area contributed by atoms with E-state index in [9.17, 15) is 0 Å². The lowest BCUT2D eigenvalue weighted by Gasteiger charge is -2.72. The van der Waals surface area contributed by atoms with Crippen LogP contribution in [0.4, 0.5) is 0 Å². The first kappa shape index (κ1) is 15.9. The summed E-state index contributed by atoms with van der Waals surface area (Å²) in [6, 6.07) is 0. The van der Waals surface area contributed by atoms with Crippen molar-refractivity contribution in [1.29, 1.82) is 0 Å². The van der Waals surface area contributed by atoms with E-state index in [-0.39, 0.29) is 0 Å². The van der Waals surface area contributed by atoms with Crippen molar-refractivity contribution in [3.63, 3.8) is 0 Å². The van der Waals surface area contributed by atoms with Crippen LogP contribution in [0.25, 0.3) is 0 Å². The molecule has 13 atom stereocenters. The quantitative estimate of drug-likeness (QED) is 0.487. The van der Waals surface area contributed by atoms with Crippen molar-refractivity contribution in [1.82, 2.24) is 0 Å². The molecule has 0 heteroatoms. The highest BCUT2D eigenvalue weighted by Crippen LogP contribution is 2.73. The number of hydrogen-bond acceptors (Lipinski definition) is 0. The summed E-state index contributed by atoms with van der Waals surface area (Å²) >= 11 is 0. The Morgan fingerprint density at radius 3 is 1.35 bits per heavy atom. The van der Waals surface area contributed by atoms with Crippen molar-refractivity contribution in [2.75, 3.05) is 0 Å². The standard InChI is InChI=1S/C26H40/c1-2-14-13-19-10-9-17-6-4-15-3-5-16-7-8-18-11-12-20(14)26-24(18)22(16)21(15)23(17)25(19)26/h14-26H,2-13H2,1H3. The molecule has 0 aromatic rings.